The van der Waals surface area contributed by atoms with Crippen molar-refractivity contribution in [2.45, 2.75) is 13.8 Å². The first kappa shape index (κ1) is 15.5. The summed E-state index contributed by atoms with van der Waals surface area (Å²) in [5.74, 6) is 0.0416. The van der Waals surface area contributed by atoms with Crippen LogP contribution in [0.3, 0.4) is 0 Å². The zero-order valence-electron chi connectivity index (χ0n) is 12.9. The van der Waals surface area contributed by atoms with Crippen LogP contribution in [-0.4, -0.2) is 25.0 Å². The van der Waals surface area contributed by atoms with Gasteiger partial charge in [0.2, 0.25) is 5.78 Å². The molecule has 2 heterocycles. The third-order valence-corrected chi connectivity index (χ3v) is 4.54. The zero-order chi connectivity index (χ0) is 16.4. The molecule has 23 heavy (non-hydrogen) atoms. The third-order valence-electron chi connectivity index (χ3n) is 3.57. The number of thiophene rings is 1. The molecule has 3 rings (SSSR count). The minimum atomic E-state index is -0.516. The summed E-state index contributed by atoms with van der Waals surface area (Å²) in [4.78, 5) is 26.3. The molecule has 0 fully saturated rings. The van der Waals surface area contributed by atoms with Crippen LogP contribution in [0.15, 0.2) is 35.9 Å². The van der Waals surface area contributed by atoms with Crippen molar-refractivity contribution in [1.29, 1.82) is 0 Å². The van der Waals surface area contributed by atoms with E-state index in [1.807, 2.05) is 44.2 Å². The van der Waals surface area contributed by atoms with Gasteiger partial charge in [-0.1, -0.05) is 18.2 Å². The summed E-state index contributed by atoms with van der Waals surface area (Å²) in [6.07, 6.45) is 1.74. The highest BCUT2D eigenvalue weighted by Gasteiger charge is 2.20. The van der Waals surface area contributed by atoms with Gasteiger partial charge in [0.25, 0.3) is 0 Å². The lowest BCUT2D eigenvalue weighted by molar-refractivity contribution is -0.138. The fraction of sp³-hybridized carbons (Fsp3) is 0.222. The number of benzene rings is 1. The molecule has 0 atom stereocenters. The van der Waals surface area contributed by atoms with Crippen LogP contribution in [0.2, 0.25) is 0 Å². The number of carbonyl (C=O) groups is 2. The number of Topliss-reactive ketones (excluding diaryl/α,β-unsaturated/α-hetero) is 1. The molecule has 0 saturated heterocycles. The molecule has 0 unspecified atom stereocenters. The van der Waals surface area contributed by atoms with Gasteiger partial charge in [-0.15, -0.1) is 11.3 Å². The fourth-order valence-corrected chi connectivity index (χ4v) is 3.39. The highest BCUT2D eigenvalue weighted by Crippen LogP contribution is 2.26. The number of hydrogen-bond acceptors (Lipinski definition) is 5. The lowest BCUT2D eigenvalue weighted by atomic mass is 10.1. The Kier molecular flexibility index (Phi) is 4.30. The Labute approximate surface area is 138 Å². The van der Waals surface area contributed by atoms with Crippen LogP contribution in [-0.2, 0) is 9.53 Å². The van der Waals surface area contributed by atoms with E-state index in [0.717, 1.165) is 21.1 Å². The van der Waals surface area contributed by atoms with Gasteiger partial charge in [0.15, 0.2) is 6.61 Å². The second kappa shape index (κ2) is 6.38. The number of aryl methyl sites for hydroxylation is 2. The summed E-state index contributed by atoms with van der Waals surface area (Å²) in [5, 5.41) is 0. The normalized spacial score (nSPS) is 12.9. The van der Waals surface area contributed by atoms with Crippen molar-refractivity contribution in [2.24, 2.45) is 0 Å². The summed E-state index contributed by atoms with van der Waals surface area (Å²) in [6, 6.07) is 9.29. The van der Waals surface area contributed by atoms with Crippen LogP contribution >= 0.6 is 11.3 Å². The lowest BCUT2D eigenvalue weighted by Gasteiger charge is -2.16. The van der Waals surface area contributed by atoms with Gasteiger partial charge in [0, 0.05) is 20.9 Å². The predicted molar refractivity (Wildman–Crippen MR) is 89.0 cm³/mol. The van der Waals surface area contributed by atoms with E-state index in [-0.39, 0.29) is 19.0 Å². The molecule has 0 N–H and O–H groups in total. The van der Waals surface area contributed by atoms with E-state index >= 15 is 0 Å². The Morgan fingerprint density at radius 2 is 2.04 bits per heavy atom. The first-order valence-corrected chi connectivity index (χ1v) is 8.06. The number of fused-ring (bicyclic) bond motifs is 1. The Morgan fingerprint density at radius 3 is 2.78 bits per heavy atom. The molecule has 2 aromatic rings. The second-order valence-electron chi connectivity index (χ2n) is 5.32. The number of ether oxygens (including phenoxy) is 2. The average Bonchev–Trinajstić information content (AvgIpc) is 2.90. The standard InChI is InChI=1S/C18H16O4S/c1-11-7-15(12(2)23-11)16(19)10-22-18(20)14-8-13-5-3-4-6-17(13)21-9-14/h3-8H,9-10H2,1-2H3. The summed E-state index contributed by atoms with van der Waals surface area (Å²) in [5.41, 5.74) is 1.87. The topological polar surface area (TPSA) is 52.6 Å². The van der Waals surface area contributed by atoms with Gasteiger partial charge >= 0.3 is 5.97 Å². The molecule has 0 aliphatic carbocycles. The van der Waals surface area contributed by atoms with Crippen molar-refractivity contribution >= 4 is 29.2 Å². The Hall–Kier alpha value is -2.40. The number of para-hydroxylation sites is 1. The summed E-state index contributed by atoms with van der Waals surface area (Å²) < 4.78 is 10.7. The van der Waals surface area contributed by atoms with E-state index in [4.69, 9.17) is 9.47 Å². The minimum Gasteiger partial charge on any atom is -0.488 e. The molecule has 0 saturated carbocycles. The van der Waals surface area contributed by atoms with Gasteiger partial charge in [-0.05, 0) is 32.1 Å². The van der Waals surface area contributed by atoms with Crippen LogP contribution < -0.4 is 4.74 Å². The van der Waals surface area contributed by atoms with E-state index in [9.17, 15) is 9.59 Å². The van der Waals surface area contributed by atoms with Crippen molar-refractivity contribution < 1.29 is 19.1 Å². The maximum Gasteiger partial charge on any atom is 0.337 e. The van der Waals surface area contributed by atoms with E-state index in [0.29, 0.717) is 11.1 Å². The van der Waals surface area contributed by atoms with Crippen molar-refractivity contribution in [2.75, 3.05) is 13.2 Å². The second-order valence-corrected chi connectivity index (χ2v) is 6.78. The zero-order valence-corrected chi connectivity index (χ0v) is 13.7. The predicted octanol–water partition coefficient (Wildman–Crippen LogP) is 3.57. The Bertz CT molecular complexity index is 801. The molecule has 0 spiro atoms. The lowest BCUT2D eigenvalue weighted by Crippen LogP contribution is -2.20. The van der Waals surface area contributed by atoms with Crippen LogP contribution in [0.25, 0.3) is 6.08 Å². The third kappa shape index (κ3) is 3.35. The number of esters is 1. The van der Waals surface area contributed by atoms with E-state index in [1.165, 1.54) is 0 Å². The summed E-state index contributed by atoms with van der Waals surface area (Å²) in [7, 11) is 0. The molecule has 5 heteroatoms. The molecular weight excluding hydrogens is 312 g/mol. The molecule has 4 nitrogen and oxygen atoms in total. The number of hydrogen-bond donors (Lipinski definition) is 0. The first-order chi connectivity index (χ1) is 11.0. The molecule has 0 bridgehead atoms. The maximum atomic E-state index is 12.1. The quantitative estimate of drug-likeness (QED) is 0.636. The monoisotopic (exact) mass is 328 g/mol. The maximum absolute atomic E-state index is 12.1. The number of carbonyl (C=O) groups excluding carboxylic acids is 2. The highest BCUT2D eigenvalue weighted by molar-refractivity contribution is 7.12. The molecule has 0 radical (unpaired) electrons. The van der Waals surface area contributed by atoms with E-state index in [1.54, 1.807) is 17.4 Å². The molecule has 118 valence electrons. The van der Waals surface area contributed by atoms with Crippen molar-refractivity contribution in [1.82, 2.24) is 0 Å². The van der Waals surface area contributed by atoms with E-state index < -0.39 is 5.97 Å². The summed E-state index contributed by atoms with van der Waals surface area (Å²) in [6.45, 7) is 3.73. The average molecular weight is 328 g/mol. The van der Waals surface area contributed by atoms with E-state index in [2.05, 4.69) is 0 Å². The Morgan fingerprint density at radius 1 is 1.26 bits per heavy atom. The van der Waals surface area contributed by atoms with Crippen molar-refractivity contribution in [3.8, 4) is 5.75 Å². The largest absolute Gasteiger partial charge is 0.488 e. The minimum absolute atomic E-state index is 0.153. The van der Waals surface area contributed by atoms with Gasteiger partial charge in [-0.3, -0.25) is 4.79 Å². The van der Waals surface area contributed by atoms with Crippen LogP contribution in [0.4, 0.5) is 0 Å². The molecular formula is C18H16O4S. The van der Waals surface area contributed by atoms with Crippen LogP contribution in [0.5, 0.6) is 5.75 Å². The molecule has 1 aliphatic rings. The van der Waals surface area contributed by atoms with Crippen molar-refractivity contribution in [3.05, 3.63) is 56.8 Å². The first-order valence-electron chi connectivity index (χ1n) is 7.24. The highest BCUT2D eigenvalue weighted by atomic mass is 32.1. The van der Waals surface area contributed by atoms with Gasteiger partial charge < -0.3 is 9.47 Å². The molecule has 1 aromatic heterocycles. The van der Waals surface area contributed by atoms with Gasteiger partial charge in [-0.25, -0.2) is 4.79 Å². The SMILES string of the molecule is Cc1cc(C(=O)COC(=O)C2=Cc3ccccc3OC2)c(C)s1. The number of ketones is 1. The molecule has 1 aromatic carbocycles. The fourth-order valence-electron chi connectivity index (χ4n) is 2.44. The van der Waals surface area contributed by atoms with Crippen LogP contribution in [0.1, 0.15) is 25.7 Å². The molecule has 0 amide bonds. The number of rotatable bonds is 4. The summed E-state index contributed by atoms with van der Waals surface area (Å²) >= 11 is 1.56. The van der Waals surface area contributed by atoms with Gasteiger partial charge in [-0.2, -0.15) is 0 Å². The van der Waals surface area contributed by atoms with Crippen molar-refractivity contribution in [3.63, 3.8) is 0 Å². The van der Waals surface area contributed by atoms with Crippen LogP contribution in [0, 0.1) is 13.8 Å². The Balaban J connectivity index is 1.65. The van der Waals surface area contributed by atoms with Gasteiger partial charge in [0.1, 0.15) is 12.4 Å². The smallest absolute Gasteiger partial charge is 0.337 e. The molecule has 1 aliphatic heterocycles. The van der Waals surface area contributed by atoms with Gasteiger partial charge in [0.05, 0.1) is 5.57 Å².